The van der Waals surface area contributed by atoms with Crippen LogP contribution in [0.25, 0.3) is 5.70 Å². The third-order valence-electron chi connectivity index (χ3n) is 5.08. The maximum absolute atomic E-state index is 6.44. The van der Waals surface area contributed by atoms with E-state index in [4.69, 9.17) is 5.73 Å². The van der Waals surface area contributed by atoms with Gasteiger partial charge in [0.1, 0.15) is 0 Å². The number of aryl methyl sites for hydroxylation is 2. The number of rotatable bonds is 4. The minimum Gasteiger partial charge on any atom is -0.398 e. The second-order valence-electron chi connectivity index (χ2n) is 6.85. The van der Waals surface area contributed by atoms with Crippen LogP contribution >= 0.6 is 0 Å². The first-order chi connectivity index (χ1) is 11.6. The predicted molar refractivity (Wildman–Crippen MR) is 104 cm³/mol. The van der Waals surface area contributed by atoms with Crippen LogP contribution in [0.5, 0.6) is 0 Å². The van der Waals surface area contributed by atoms with Crippen molar-refractivity contribution in [2.75, 3.05) is 0 Å². The maximum atomic E-state index is 6.44. The molecular formula is C23H27N. The lowest BCUT2D eigenvalue weighted by Gasteiger charge is -2.20. The number of allylic oxidation sites excluding steroid dienone is 3. The molecule has 2 aromatic rings. The molecule has 0 heterocycles. The molecule has 1 aliphatic carbocycles. The van der Waals surface area contributed by atoms with E-state index in [1.807, 2.05) is 0 Å². The molecule has 0 spiro atoms. The van der Waals surface area contributed by atoms with E-state index in [-0.39, 0.29) is 0 Å². The Morgan fingerprint density at radius 1 is 0.917 bits per heavy atom. The largest absolute Gasteiger partial charge is 0.398 e. The van der Waals surface area contributed by atoms with Crippen LogP contribution in [0.2, 0.25) is 0 Å². The van der Waals surface area contributed by atoms with Gasteiger partial charge in [0.25, 0.3) is 0 Å². The van der Waals surface area contributed by atoms with E-state index in [0.717, 1.165) is 24.1 Å². The van der Waals surface area contributed by atoms with Gasteiger partial charge >= 0.3 is 0 Å². The summed E-state index contributed by atoms with van der Waals surface area (Å²) in [6.45, 7) is 4.33. The topological polar surface area (TPSA) is 26.0 Å². The average molecular weight is 317 g/mol. The molecule has 2 aromatic carbocycles. The van der Waals surface area contributed by atoms with Gasteiger partial charge in [-0.2, -0.15) is 0 Å². The highest BCUT2D eigenvalue weighted by atomic mass is 14.6. The van der Waals surface area contributed by atoms with Crippen molar-refractivity contribution in [3.63, 3.8) is 0 Å². The Bertz CT molecular complexity index is 780. The Hall–Kier alpha value is -2.28. The minimum absolute atomic E-state index is 0.896. The summed E-state index contributed by atoms with van der Waals surface area (Å²) in [5.74, 6) is 0. The van der Waals surface area contributed by atoms with Crippen LogP contribution in [0, 0.1) is 13.8 Å². The summed E-state index contributed by atoms with van der Waals surface area (Å²) in [7, 11) is 0. The minimum atomic E-state index is 0.896. The molecule has 2 N–H and O–H groups in total. The molecule has 0 fully saturated rings. The third kappa shape index (κ3) is 3.79. The molecule has 0 aliphatic heterocycles. The average Bonchev–Trinajstić information content (AvgIpc) is 2.59. The highest BCUT2D eigenvalue weighted by Gasteiger charge is 2.13. The molecule has 24 heavy (non-hydrogen) atoms. The van der Waals surface area contributed by atoms with E-state index in [9.17, 15) is 0 Å². The summed E-state index contributed by atoms with van der Waals surface area (Å²) in [5.41, 5.74) is 15.6. The van der Waals surface area contributed by atoms with E-state index in [1.54, 1.807) is 5.57 Å². The zero-order valence-electron chi connectivity index (χ0n) is 14.8. The lowest BCUT2D eigenvalue weighted by Crippen LogP contribution is -2.05. The van der Waals surface area contributed by atoms with Crippen LogP contribution in [-0.4, -0.2) is 0 Å². The van der Waals surface area contributed by atoms with Gasteiger partial charge in [0.05, 0.1) is 0 Å². The van der Waals surface area contributed by atoms with E-state index in [0.29, 0.717) is 0 Å². The van der Waals surface area contributed by atoms with Gasteiger partial charge in [0.2, 0.25) is 0 Å². The molecule has 1 heteroatoms. The van der Waals surface area contributed by atoms with Gasteiger partial charge in [-0.3, -0.25) is 0 Å². The Kier molecular flexibility index (Phi) is 5.20. The van der Waals surface area contributed by atoms with Gasteiger partial charge in [-0.05, 0) is 74.3 Å². The van der Waals surface area contributed by atoms with Crippen LogP contribution in [0.3, 0.4) is 0 Å². The van der Waals surface area contributed by atoms with Crippen molar-refractivity contribution in [3.05, 3.63) is 88.0 Å². The molecule has 124 valence electrons. The molecule has 1 aliphatic rings. The summed E-state index contributed by atoms with van der Waals surface area (Å²) < 4.78 is 0. The zero-order valence-corrected chi connectivity index (χ0v) is 14.8. The number of hydrogen-bond donors (Lipinski definition) is 1. The van der Waals surface area contributed by atoms with Crippen LogP contribution < -0.4 is 5.73 Å². The lowest BCUT2D eigenvalue weighted by atomic mass is 9.86. The molecule has 1 nitrogen and oxygen atoms in total. The highest BCUT2D eigenvalue weighted by Crippen LogP contribution is 2.30. The van der Waals surface area contributed by atoms with Crippen LogP contribution in [0.4, 0.5) is 0 Å². The van der Waals surface area contributed by atoms with Gasteiger partial charge < -0.3 is 5.73 Å². The zero-order chi connectivity index (χ0) is 16.9. The van der Waals surface area contributed by atoms with Crippen molar-refractivity contribution < 1.29 is 0 Å². The van der Waals surface area contributed by atoms with Crippen molar-refractivity contribution in [3.8, 4) is 0 Å². The number of benzene rings is 2. The van der Waals surface area contributed by atoms with E-state index in [1.165, 1.54) is 41.5 Å². The van der Waals surface area contributed by atoms with E-state index in [2.05, 4.69) is 68.5 Å². The maximum Gasteiger partial charge on any atom is 0.0393 e. The monoisotopic (exact) mass is 317 g/mol. The Balaban J connectivity index is 1.93. The van der Waals surface area contributed by atoms with Crippen LogP contribution in [0.1, 0.15) is 47.9 Å². The van der Waals surface area contributed by atoms with Crippen molar-refractivity contribution >= 4 is 5.70 Å². The summed E-state index contributed by atoms with van der Waals surface area (Å²) in [6, 6.07) is 17.1. The van der Waals surface area contributed by atoms with Gasteiger partial charge in [0, 0.05) is 11.3 Å². The van der Waals surface area contributed by atoms with Crippen molar-refractivity contribution in [1.29, 1.82) is 0 Å². The summed E-state index contributed by atoms with van der Waals surface area (Å²) >= 11 is 0. The molecular weight excluding hydrogens is 290 g/mol. The molecule has 0 saturated carbocycles. The molecule has 0 saturated heterocycles. The molecule has 0 bridgehead atoms. The molecule has 0 unspecified atom stereocenters. The third-order valence-corrected chi connectivity index (χ3v) is 5.08. The standard InChI is InChI=1S/C23H27N/c1-17-9-3-5-11-19(17)15-20-12-6-7-13-21(20)16-23(24)22-14-8-4-10-18(22)2/h3-5,8-11,14,16H,6-7,12-13,15,24H2,1-2H3/b23-16-. The molecule has 0 amide bonds. The van der Waals surface area contributed by atoms with Crippen molar-refractivity contribution in [2.24, 2.45) is 5.73 Å². The second kappa shape index (κ2) is 7.53. The molecule has 0 aromatic heterocycles. The normalized spacial score (nSPS) is 15.7. The smallest absolute Gasteiger partial charge is 0.0393 e. The molecule has 3 rings (SSSR count). The molecule has 0 atom stereocenters. The number of hydrogen-bond acceptors (Lipinski definition) is 1. The van der Waals surface area contributed by atoms with Crippen LogP contribution in [-0.2, 0) is 6.42 Å². The van der Waals surface area contributed by atoms with Gasteiger partial charge in [-0.1, -0.05) is 54.1 Å². The Morgan fingerprint density at radius 2 is 1.58 bits per heavy atom. The predicted octanol–water partition coefficient (Wildman–Crippen LogP) is 5.72. The van der Waals surface area contributed by atoms with Crippen LogP contribution in [0.15, 0.2) is 65.8 Å². The first-order valence-corrected chi connectivity index (χ1v) is 8.93. The number of nitrogens with two attached hydrogens (primary N) is 1. The fourth-order valence-electron chi connectivity index (χ4n) is 3.57. The first-order valence-electron chi connectivity index (χ1n) is 8.93. The SMILES string of the molecule is Cc1ccccc1CC1=C(/C=C(\N)c2ccccc2C)CCCC1. The first kappa shape index (κ1) is 16.6. The van der Waals surface area contributed by atoms with Gasteiger partial charge in [-0.25, -0.2) is 0 Å². The Morgan fingerprint density at radius 3 is 2.33 bits per heavy atom. The van der Waals surface area contributed by atoms with E-state index >= 15 is 0 Å². The lowest BCUT2D eigenvalue weighted by molar-refractivity contribution is 0.669. The van der Waals surface area contributed by atoms with Crippen molar-refractivity contribution in [1.82, 2.24) is 0 Å². The summed E-state index contributed by atoms with van der Waals surface area (Å²) in [5, 5.41) is 0. The van der Waals surface area contributed by atoms with E-state index < -0.39 is 0 Å². The fourth-order valence-corrected chi connectivity index (χ4v) is 3.57. The second-order valence-corrected chi connectivity index (χ2v) is 6.85. The fraction of sp³-hybridized carbons (Fsp3) is 0.304. The van der Waals surface area contributed by atoms with Crippen molar-refractivity contribution in [2.45, 2.75) is 46.0 Å². The van der Waals surface area contributed by atoms with Gasteiger partial charge in [0.15, 0.2) is 0 Å². The Labute approximate surface area is 145 Å². The quantitative estimate of drug-likeness (QED) is 0.767. The highest BCUT2D eigenvalue weighted by molar-refractivity contribution is 5.68. The summed E-state index contributed by atoms with van der Waals surface area (Å²) in [4.78, 5) is 0. The van der Waals surface area contributed by atoms with Gasteiger partial charge in [-0.15, -0.1) is 0 Å². The summed E-state index contributed by atoms with van der Waals surface area (Å²) in [6.07, 6.45) is 8.19. The molecule has 0 radical (unpaired) electrons.